The van der Waals surface area contributed by atoms with Crippen LogP contribution in [-0.4, -0.2) is 25.3 Å². The number of alkyl halides is 2. The second kappa shape index (κ2) is 8.78. The second-order valence-electron chi connectivity index (χ2n) is 7.38. The van der Waals surface area contributed by atoms with E-state index in [0.29, 0.717) is 24.4 Å². The third kappa shape index (κ3) is 3.93. The number of aryl methyl sites for hydroxylation is 1. The van der Waals surface area contributed by atoms with E-state index in [1.807, 2.05) is 37.3 Å². The van der Waals surface area contributed by atoms with Crippen LogP contribution in [0.25, 0.3) is 22.6 Å². The molecule has 0 spiro atoms. The molecule has 0 saturated carbocycles. The SMILES string of the molecule is CCCn1c(=O)c2c(nc(-c3cccc(OC(F)F)c3)n2Cc2ccccc2)n(C)c1=O. The molecule has 2 aromatic carbocycles. The molecule has 0 aliphatic rings. The Hall–Kier alpha value is -3.75. The summed E-state index contributed by atoms with van der Waals surface area (Å²) in [6.45, 7) is -0.482. The zero-order valence-electron chi connectivity index (χ0n) is 17.7. The zero-order chi connectivity index (χ0) is 22.8. The summed E-state index contributed by atoms with van der Waals surface area (Å²) in [6.07, 6.45) is 0.618. The summed E-state index contributed by atoms with van der Waals surface area (Å²) in [4.78, 5) is 30.7. The number of aromatic nitrogens is 4. The van der Waals surface area contributed by atoms with Gasteiger partial charge in [0.25, 0.3) is 5.56 Å². The third-order valence-corrected chi connectivity index (χ3v) is 5.18. The molecule has 4 rings (SSSR count). The van der Waals surface area contributed by atoms with Crippen molar-refractivity contribution in [3.8, 4) is 17.1 Å². The standard InChI is InChI=1S/C23H22F2N4O3/c1-3-12-28-21(30)18-20(27(2)23(28)31)26-19(29(18)14-15-8-5-4-6-9-15)16-10-7-11-17(13-16)32-22(24)25/h4-11,13,22H,3,12,14H2,1-2H3. The van der Waals surface area contributed by atoms with Gasteiger partial charge in [-0.15, -0.1) is 0 Å². The minimum atomic E-state index is -2.96. The zero-order valence-corrected chi connectivity index (χ0v) is 17.7. The van der Waals surface area contributed by atoms with E-state index in [1.165, 1.54) is 21.3 Å². The number of halogens is 2. The van der Waals surface area contributed by atoms with Crippen molar-refractivity contribution in [2.24, 2.45) is 7.05 Å². The van der Waals surface area contributed by atoms with Gasteiger partial charge in [0.1, 0.15) is 11.6 Å². The molecule has 0 aliphatic heterocycles. The van der Waals surface area contributed by atoms with Gasteiger partial charge in [-0.05, 0) is 24.1 Å². The van der Waals surface area contributed by atoms with Crippen LogP contribution in [0.1, 0.15) is 18.9 Å². The van der Waals surface area contributed by atoms with E-state index < -0.39 is 17.9 Å². The molecule has 0 atom stereocenters. The maximum atomic E-state index is 13.3. The fourth-order valence-electron chi connectivity index (χ4n) is 3.74. The Bertz CT molecular complexity index is 1370. The first-order valence-corrected chi connectivity index (χ1v) is 10.2. The fourth-order valence-corrected chi connectivity index (χ4v) is 3.74. The number of imidazole rings is 1. The monoisotopic (exact) mass is 440 g/mol. The summed E-state index contributed by atoms with van der Waals surface area (Å²) in [7, 11) is 1.57. The van der Waals surface area contributed by atoms with Gasteiger partial charge in [-0.2, -0.15) is 8.78 Å². The van der Waals surface area contributed by atoms with Crippen molar-refractivity contribution in [3.05, 3.63) is 81.0 Å². The number of nitrogens with zero attached hydrogens (tertiary/aromatic N) is 4. The average molecular weight is 440 g/mol. The van der Waals surface area contributed by atoms with Crippen LogP contribution in [0, 0.1) is 0 Å². The van der Waals surface area contributed by atoms with E-state index in [9.17, 15) is 18.4 Å². The normalized spacial score (nSPS) is 11.4. The van der Waals surface area contributed by atoms with E-state index in [0.717, 1.165) is 5.56 Å². The minimum absolute atomic E-state index is 0.0203. The lowest BCUT2D eigenvalue weighted by molar-refractivity contribution is -0.0498. The van der Waals surface area contributed by atoms with Crippen LogP contribution in [0.15, 0.2) is 64.2 Å². The molecular weight excluding hydrogens is 418 g/mol. The van der Waals surface area contributed by atoms with Crippen molar-refractivity contribution >= 4 is 11.2 Å². The van der Waals surface area contributed by atoms with Gasteiger partial charge in [0.2, 0.25) is 0 Å². The molecule has 7 nitrogen and oxygen atoms in total. The highest BCUT2D eigenvalue weighted by Gasteiger charge is 2.21. The molecule has 9 heteroatoms. The first-order chi connectivity index (χ1) is 15.4. The maximum Gasteiger partial charge on any atom is 0.387 e. The number of hydrogen-bond donors (Lipinski definition) is 0. The van der Waals surface area contributed by atoms with E-state index in [1.54, 1.807) is 23.7 Å². The number of benzene rings is 2. The molecule has 0 radical (unpaired) electrons. The van der Waals surface area contributed by atoms with Gasteiger partial charge in [0.15, 0.2) is 11.2 Å². The first kappa shape index (κ1) is 21.5. The smallest absolute Gasteiger partial charge is 0.387 e. The second-order valence-corrected chi connectivity index (χ2v) is 7.38. The van der Waals surface area contributed by atoms with Crippen LogP contribution < -0.4 is 16.0 Å². The van der Waals surface area contributed by atoms with Crippen LogP contribution in [0.4, 0.5) is 8.78 Å². The van der Waals surface area contributed by atoms with Gasteiger partial charge >= 0.3 is 12.3 Å². The largest absolute Gasteiger partial charge is 0.435 e. The predicted molar refractivity (Wildman–Crippen MR) is 117 cm³/mol. The molecule has 4 aromatic rings. The Kier molecular flexibility index (Phi) is 5.89. The van der Waals surface area contributed by atoms with E-state index >= 15 is 0 Å². The van der Waals surface area contributed by atoms with Crippen LogP contribution in [0.3, 0.4) is 0 Å². The summed E-state index contributed by atoms with van der Waals surface area (Å²) in [5.41, 5.74) is 1.04. The molecule has 2 aromatic heterocycles. The Morgan fingerprint density at radius 1 is 1.03 bits per heavy atom. The highest BCUT2D eigenvalue weighted by atomic mass is 19.3. The molecule has 166 valence electrons. The molecule has 0 amide bonds. The molecule has 0 N–H and O–H groups in total. The van der Waals surface area contributed by atoms with Gasteiger partial charge < -0.3 is 9.30 Å². The molecule has 0 unspecified atom stereocenters. The van der Waals surface area contributed by atoms with Crippen LogP contribution in [0.2, 0.25) is 0 Å². The van der Waals surface area contributed by atoms with Crippen molar-refractivity contribution in [2.75, 3.05) is 0 Å². The molecule has 32 heavy (non-hydrogen) atoms. The molecule has 0 bridgehead atoms. The van der Waals surface area contributed by atoms with Crippen LogP contribution >= 0.6 is 0 Å². The third-order valence-electron chi connectivity index (χ3n) is 5.18. The first-order valence-electron chi connectivity index (χ1n) is 10.2. The van der Waals surface area contributed by atoms with E-state index in [4.69, 9.17) is 0 Å². The molecule has 0 saturated heterocycles. The average Bonchev–Trinajstić information content (AvgIpc) is 3.15. The fraction of sp³-hybridized carbons (Fsp3) is 0.261. The Morgan fingerprint density at radius 3 is 2.47 bits per heavy atom. The van der Waals surface area contributed by atoms with Crippen LogP contribution in [-0.2, 0) is 20.1 Å². The molecule has 0 fully saturated rings. The Labute approximate surface area is 182 Å². The van der Waals surface area contributed by atoms with Gasteiger partial charge in [-0.1, -0.05) is 49.4 Å². The lowest BCUT2D eigenvalue weighted by Gasteiger charge is -2.12. The number of rotatable bonds is 7. The van der Waals surface area contributed by atoms with Crippen molar-refractivity contribution in [1.29, 1.82) is 0 Å². The molecule has 2 heterocycles. The number of ether oxygens (including phenoxy) is 1. The van der Waals surface area contributed by atoms with Crippen molar-refractivity contribution < 1.29 is 13.5 Å². The highest BCUT2D eigenvalue weighted by molar-refractivity contribution is 5.77. The van der Waals surface area contributed by atoms with Gasteiger partial charge in [0.05, 0.1) is 0 Å². The Morgan fingerprint density at radius 2 is 1.78 bits per heavy atom. The molecule has 0 aliphatic carbocycles. The van der Waals surface area contributed by atoms with Crippen molar-refractivity contribution in [1.82, 2.24) is 18.7 Å². The summed E-state index contributed by atoms with van der Waals surface area (Å²) in [5.74, 6) is 0.359. The summed E-state index contributed by atoms with van der Waals surface area (Å²) < 4.78 is 34.3. The van der Waals surface area contributed by atoms with Crippen LogP contribution in [0.5, 0.6) is 5.75 Å². The van der Waals surface area contributed by atoms with E-state index in [2.05, 4.69) is 9.72 Å². The van der Waals surface area contributed by atoms with Gasteiger partial charge in [-0.25, -0.2) is 9.78 Å². The van der Waals surface area contributed by atoms with Crippen molar-refractivity contribution in [3.63, 3.8) is 0 Å². The quantitative estimate of drug-likeness (QED) is 0.440. The summed E-state index contributed by atoms with van der Waals surface area (Å²) >= 11 is 0. The molecular formula is C23H22F2N4O3. The topological polar surface area (TPSA) is 71.1 Å². The Balaban J connectivity index is 2.01. The lowest BCUT2D eigenvalue weighted by atomic mass is 10.2. The highest BCUT2D eigenvalue weighted by Crippen LogP contribution is 2.27. The predicted octanol–water partition coefficient (Wildman–Crippen LogP) is 3.62. The maximum absolute atomic E-state index is 13.3. The van der Waals surface area contributed by atoms with E-state index in [-0.39, 0.29) is 23.5 Å². The van der Waals surface area contributed by atoms with Crippen molar-refractivity contribution in [2.45, 2.75) is 33.0 Å². The lowest BCUT2D eigenvalue weighted by Crippen LogP contribution is -2.39. The number of hydrogen-bond acceptors (Lipinski definition) is 4. The minimum Gasteiger partial charge on any atom is -0.435 e. The summed E-state index contributed by atoms with van der Waals surface area (Å²) in [6, 6.07) is 15.6. The van der Waals surface area contributed by atoms with Gasteiger partial charge in [0, 0.05) is 25.7 Å². The summed E-state index contributed by atoms with van der Waals surface area (Å²) in [5, 5.41) is 0. The van der Waals surface area contributed by atoms with Gasteiger partial charge in [-0.3, -0.25) is 13.9 Å². The number of fused-ring (bicyclic) bond motifs is 1.